The number of aromatic nitrogens is 2. The maximum Gasteiger partial charge on any atom is 0.269 e. The molecule has 0 aliphatic carbocycles. The van der Waals surface area contributed by atoms with Gasteiger partial charge in [-0.15, -0.1) is 0 Å². The fraction of sp³-hybridized carbons (Fsp3) is 0.429. The van der Waals surface area contributed by atoms with E-state index in [1.165, 1.54) is 12.5 Å². The summed E-state index contributed by atoms with van der Waals surface area (Å²) in [5, 5.41) is 2.65. The van der Waals surface area contributed by atoms with E-state index in [4.69, 9.17) is 4.74 Å². The van der Waals surface area contributed by atoms with Gasteiger partial charge < -0.3 is 15.0 Å². The van der Waals surface area contributed by atoms with Gasteiger partial charge in [-0.3, -0.25) is 4.79 Å². The van der Waals surface area contributed by atoms with Gasteiger partial charge in [0.15, 0.2) is 0 Å². The van der Waals surface area contributed by atoms with Crippen LogP contribution in [0.25, 0.3) is 0 Å². The molecule has 12 heavy (non-hydrogen) atoms. The molecule has 1 rings (SSSR count). The molecule has 5 heteroatoms. The molecular weight excluding hydrogens is 158 g/mol. The van der Waals surface area contributed by atoms with Crippen LogP contribution in [-0.2, 0) is 4.74 Å². The fourth-order valence-corrected chi connectivity index (χ4v) is 0.742. The zero-order valence-corrected chi connectivity index (χ0v) is 6.83. The van der Waals surface area contributed by atoms with Crippen LogP contribution in [0.1, 0.15) is 10.5 Å². The summed E-state index contributed by atoms with van der Waals surface area (Å²) in [5.74, 6) is -0.162. The number of methoxy groups -OCH3 is 1. The van der Waals surface area contributed by atoms with Crippen molar-refractivity contribution in [2.45, 2.75) is 0 Å². The molecule has 1 amide bonds. The molecule has 0 saturated heterocycles. The smallest absolute Gasteiger partial charge is 0.269 e. The largest absolute Gasteiger partial charge is 0.383 e. The summed E-state index contributed by atoms with van der Waals surface area (Å²) in [6.45, 7) is 1.02. The molecule has 2 N–H and O–H groups in total. The van der Waals surface area contributed by atoms with Gasteiger partial charge in [-0.2, -0.15) is 0 Å². The predicted octanol–water partition coefficient (Wildman–Crippen LogP) is -0.214. The highest BCUT2D eigenvalue weighted by atomic mass is 16.5. The fourth-order valence-electron chi connectivity index (χ4n) is 0.742. The van der Waals surface area contributed by atoms with Crippen molar-refractivity contribution in [3.05, 3.63) is 18.2 Å². The van der Waals surface area contributed by atoms with Crippen molar-refractivity contribution in [3.63, 3.8) is 0 Å². The molecule has 0 saturated carbocycles. The van der Waals surface area contributed by atoms with E-state index in [-0.39, 0.29) is 5.91 Å². The maximum atomic E-state index is 11.1. The molecule has 0 aromatic carbocycles. The summed E-state index contributed by atoms with van der Waals surface area (Å²) in [5.41, 5.74) is 0.464. The minimum absolute atomic E-state index is 0.162. The van der Waals surface area contributed by atoms with Crippen molar-refractivity contribution >= 4 is 5.91 Å². The van der Waals surface area contributed by atoms with E-state index < -0.39 is 0 Å². The first kappa shape index (κ1) is 8.73. The average Bonchev–Trinajstić information content (AvgIpc) is 2.56. The quantitative estimate of drug-likeness (QED) is 0.612. The van der Waals surface area contributed by atoms with Gasteiger partial charge >= 0.3 is 0 Å². The average molecular weight is 169 g/mol. The number of carbonyl (C=O) groups excluding carboxylic acids is 1. The Hall–Kier alpha value is -1.36. The summed E-state index contributed by atoms with van der Waals surface area (Å²) in [6, 6.07) is 0. The molecular formula is C7H11N3O2. The number of carbonyl (C=O) groups is 1. The van der Waals surface area contributed by atoms with Crippen LogP contribution in [0, 0.1) is 0 Å². The number of rotatable bonds is 4. The molecule has 1 heterocycles. The first-order valence-corrected chi connectivity index (χ1v) is 3.60. The second kappa shape index (κ2) is 4.50. The number of ether oxygens (including phenoxy) is 1. The van der Waals surface area contributed by atoms with Crippen LogP contribution >= 0.6 is 0 Å². The van der Waals surface area contributed by atoms with Crippen LogP contribution in [-0.4, -0.2) is 36.1 Å². The first-order valence-electron chi connectivity index (χ1n) is 3.60. The molecule has 0 radical (unpaired) electrons. The molecule has 0 atom stereocenters. The molecule has 5 nitrogen and oxygen atoms in total. The minimum atomic E-state index is -0.162. The number of amides is 1. The number of H-pyrrole nitrogens is 1. The Balaban J connectivity index is 2.30. The van der Waals surface area contributed by atoms with Crippen molar-refractivity contribution in [2.75, 3.05) is 20.3 Å². The monoisotopic (exact) mass is 169 g/mol. The Morgan fingerprint density at radius 1 is 1.83 bits per heavy atom. The van der Waals surface area contributed by atoms with E-state index in [1.807, 2.05) is 0 Å². The molecule has 0 unspecified atom stereocenters. The second-order valence-corrected chi connectivity index (χ2v) is 2.21. The van der Waals surface area contributed by atoms with Crippen molar-refractivity contribution < 1.29 is 9.53 Å². The number of hydrogen-bond acceptors (Lipinski definition) is 3. The van der Waals surface area contributed by atoms with E-state index in [9.17, 15) is 4.79 Å². The number of nitrogens with zero attached hydrogens (tertiary/aromatic N) is 1. The lowest BCUT2D eigenvalue weighted by Gasteiger charge is -2.00. The zero-order valence-electron chi connectivity index (χ0n) is 6.83. The minimum Gasteiger partial charge on any atom is -0.383 e. The highest BCUT2D eigenvalue weighted by Crippen LogP contribution is 1.88. The van der Waals surface area contributed by atoms with Crippen LogP contribution in [0.3, 0.4) is 0 Å². The summed E-state index contributed by atoms with van der Waals surface area (Å²) in [6.07, 6.45) is 2.94. The number of aromatic amines is 1. The van der Waals surface area contributed by atoms with Gasteiger partial charge in [0.1, 0.15) is 5.69 Å². The normalized spacial score (nSPS) is 9.75. The maximum absolute atomic E-state index is 11.1. The number of nitrogens with one attached hydrogen (secondary N) is 2. The Kier molecular flexibility index (Phi) is 3.28. The van der Waals surface area contributed by atoms with Crippen molar-refractivity contribution in [1.82, 2.24) is 15.3 Å². The van der Waals surface area contributed by atoms with Gasteiger partial charge in [-0.1, -0.05) is 0 Å². The number of hydrogen-bond donors (Lipinski definition) is 2. The van der Waals surface area contributed by atoms with Crippen LogP contribution in [0.4, 0.5) is 0 Å². The second-order valence-electron chi connectivity index (χ2n) is 2.21. The first-order chi connectivity index (χ1) is 5.84. The van der Waals surface area contributed by atoms with E-state index in [2.05, 4.69) is 15.3 Å². The summed E-state index contributed by atoms with van der Waals surface area (Å²) in [7, 11) is 1.59. The Labute approximate surface area is 70.1 Å². The van der Waals surface area contributed by atoms with Crippen molar-refractivity contribution in [1.29, 1.82) is 0 Å². The molecule has 1 aromatic rings. The molecule has 1 aromatic heterocycles. The van der Waals surface area contributed by atoms with Crippen LogP contribution < -0.4 is 5.32 Å². The van der Waals surface area contributed by atoms with Gasteiger partial charge in [-0.25, -0.2) is 4.98 Å². The van der Waals surface area contributed by atoms with E-state index in [0.717, 1.165) is 0 Å². The van der Waals surface area contributed by atoms with Gasteiger partial charge in [0.2, 0.25) is 0 Å². The van der Waals surface area contributed by atoms with E-state index in [0.29, 0.717) is 18.8 Å². The highest BCUT2D eigenvalue weighted by Gasteiger charge is 2.03. The van der Waals surface area contributed by atoms with Gasteiger partial charge in [-0.05, 0) is 0 Å². The molecule has 0 spiro atoms. The van der Waals surface area contributed by atoms with Crippen LogP contribution in [0.15, 0.2) is 12.5 Å². The lowest BCUT2D eigenvalue weighted by molar-refractivity contribution is 0.0932. The SMILES string of the molecule is COCCNC(=O)c1cnc[nH]1. The molecule has 0 bridgehead atoms. The lowest BCUT2D eigenvalue weighted by Crippen LogP contribution is -2.27. The Morgan fingerprint density at radius 3 is 3.25 bits per heavy atom. The van der Waals surface area contributed by atoms with Crippen molar-refractivity contribution in [3.8, 4) is 0 Å². The highest BCUT2D eigenvalue weighted by molar-refractivity contribution is 5.91. The third-order valence-electron chi connectivity index (χ3n) is 1.33. The molecule has 0 fully saturated rings. The number of imidazole rings is 1. The summed E-state index contributed by atoms with van der Waals surface area (Å²) in [4.78, 5) is 17.6. The predicted molar refractivity (Wildman–Crippen MR) is 42.8 cm³/mol. The van der Waals surface area contributed by atoms with Gasteiger partial charge in [0.05, 0.1) is 19.1 Å². The van der Waals surface area contributed by atoms with Gasteiger partial charge in [0.25, 0.3) is 5.91 Å². The lowest BCUT2D eigenvalue weighted by atomic mass is 10.4. The summed E-state index contributed by atoms with van der Waals surface area (Å²) >= 11 is 0. The summed E-state index contributed by atoms with van der Waals surface area (Å²) < 4.78 is 4.77. The Bertz CT molecular complexity index is 233. The van der Waals surface area contributed by atoms with E-state index in [1.54, 1.807) is 7.11 Å². The molecule has 66 valence electrons. The van der Waals surface area contributed by atoms with Crippen molar-refractivity contribution in [2.24, 2.45) is 0 Å². The Morgan fingerprint density at radius 2 is 2.67 bits per heavy atom. The van der Waals surface area contributed by atoms with Gasteiger partial charge in [0, 0.05) is 13.7 Å². The van der Waals surface area contributed by atoms with E-state index >= 15 is 0 Å². The third-order valence-corrected chi connectivity index (χ3v) is 1.33. The topological polar surface area (TPSA) is 67.0 Å². The van der Waals surface area contributed by atoms with Crippen LogP contribution in [0.2, 0.25) is 0 Å². The van der Waals surface area contributed by atoms with Crippen LogP contribution in [0.5, 0.6) is 0 Å². The zero-order chi connectivity index (χ0) is 8.81. The molecule has 0 aliphatic rings. The molecule has 0 aliphatic heterocycles. The standard InChI is InChI=1S/C7H11N3O2/c1-12-3-2-9-7(11)6-4-8-5-10-6/h4-5H,2-3H2,1H3,(H,8,10)(H,9,11). The third kappa shape index (κ3) is 2.35.